The predicted molar refractivity (Wildman–Crippen MR) is 127 cm³/mol. The first-order valence-electron chi connectivity index (χ1n) is 11.9. The molecule has 0 aliphatic carbocycles. The van der Waals surface area contributed by atoms with E-state index in [1.165, 1.54) is 4.90 Å². The van der Waals surface area contributed by atoms with Crippen LogP contribution >= 0.6 is 0 Å². The number of carbonyl (C=O) groups is 2. The molecular formula is C28H22N2O6. The highest BCUT2D eigenvalue weighted by Crippen LogP contribution is 2.49. The lowest BCUT2D eigenvalue weighted by atomic mass is 9.85. The van der Waals surface area contributed by atoms with E-state index in [0.29, 0.717) is 66.0 Å². The molecule has 3 aromatic rings. The van der Waals surface area contributed by atoms with E-state index in [2.05, 4.69) is 6.07 Å². The second kappa shape index (κ2) is 8.18. The largest absolute Gasteiger partial charge is 0.461 e. The maximum Gasteiger partial charge on any atom is 0.345 e. The summed E-state index contributed by atoms with van der Waals surface area (Å²) in [7, 11) is 0. The molecule has 0 saturated heterocycles. The third-order valence-electron chi connectivity index (χ3n) is 7.05. The lowest BCUT2D eigenvalue weighted by Gasteiger charge is -2.46. The van der Waals surface area contributed by atoms with Crippen LogP contribution in [0.1, 0.15) is 74.1 Å². The molecule has 0 spiro atoms. The number of nitriles is 1. The maximum atomic E-state index is 12.7. The van der Waals surface area contributed by atoms with Gasteiger partial charge in [-0.25, -0.2) is 4.79 Å². The predicted octanol–water partition coefficient (Wildman–Crippen LogP) is 4.04. The van der Waals surface area contributed by atoms with Crippen LogP contribution in [0.4, 0.5) is 0 Å². The van der Waals surface area contributed by atoms with Crippen LogP contribution in [-0.2, 0) is 11.2 Å². The van der Waals surface area contributed by atoms with Gasteiger partial charge in [0.15, 0.2) is 0 Å². The molecule has 2 unspecified atom stereocenters. The minimum absolute atomic E-state index is 0.272. The van der Waals surface area contributed by atoms with Gasteiger partial charge in [0.05, 0.1) is 22.8 Å². The first-order chi connectivity index (χ1) is 17.4. The first-order valence-corrected chi connectivity index (χ1v) is 11.9. The van der Waals surface area contributed by atoms with Crippen LogP contribution < -0.4 is 10.4 Å². The number of amides is 2. The van der Waals surface area contributed by atoms with Crippen molar-refractivity contribution in [2.75, 3.05) is 6.54 Å². The Balaban J connectivity index is 1.25. The van der Waals surface area contributed by atoms with Crippen molar-refractivity contribution in [2.24, 2.45) is 0 Å². The van der Waals surface area contributed by atoms with Crippen LogP contribution in [0.2, 0.25) is 0 Å². The van der Waals surface area contributed by atoms with Crippen molar-refractivity contribution >= 4 is 11.8 Å². The number of benzene rings is 2. The zero-order valence-electron chi connectivity index (χ0n) is 19.6. The van der Waals surface area contributed by atoms with Gasteiger partial charge in [-0.05, 0) is 55.2 Å². The molecule has 36 heavy (non-hydrogen) atoms. The monoisotopic (exact) mass is 482 g/mol. The van der Waals surface area contributed by atoms with Gasteiger partial charge < -0.3 is 13.9 Å². The number of imide groups is 1. The van der Waals surface area contributed by atoms with Gasteiger partial charge in [-0.2, -0.15) is 5.26 Å². The minimum atomic E-state index is -1.04. The van der Waals surface area contributed by atoms with Crippen LogP contribution in [0.15, 0.2) is 57.7 Å². The number of unbranched alkanes of at least 4 members (excludes halogenated alkanes) is 1. The molecule has 2 amide bonds. The number of carbonyl (C=O) groups excluding carboxylic acids is 2. The van der Waals surface area contributed by atoms with E-state index < -0.39 is 17.5 Å². The molecule has 3 aliphatic rings. The summed E-state index contributed by atoms with van der Waals surface area (Å²) in [5.41, 5.74) is 2.90. The quantitative estimate of drug-likeness (QED) is 0.399. The summed E-state index contributed by atoms with van der Waals surface area (Å²) in [6.07, 6.45) is 1.39. The summed E-state index contributed by atoms with van der Waals surface area (Å²) < 4.78 is 18.1. The van der Waals surface area contributed by atoms with Crippen molar-refractivity contribution in [3.8, 4) is 11.8 Å². The second-order valence-corrected chi connectivity index (χ2v) is 9.40. The Hall–Kier alpha value is -4.22. The average Bonchev–Trinajstić information content (AvgIpc) is 3.10. The van der Waals surface area contributed by atoms with Gasteiger partial charge in [-0.15, -0.1) is 0 Å². The maximum absolute atomic E-state index is 12.7. The fraction of sp³-hybridized carbons (Fsp3) is 0.286. The standard InChI is InChI=1S/C28H22N2O6/c1-16-12-22-23(27(33)34-16)24-19-9-8-17(15-29)13-18(19)14-28(35-22,36-24)10-4-5-11-30-25(31)20-6-2-3-7-21(20)26(30)32/h2-3,6-9,12-13,24H,4-5,10-11,14H2,1H3. The van der Waals surface area contributed by atoms with E-state index in [1.54, 1.807) is 43.3 Å². The lowest BCUT2D eigenvalue weighted by molar-refractivity contribution is -0.233. The molecule has 0 radical (unpaired) electrons. The van der Waals surface area contributed by atoms with E-state index in [0.717, 1.165) is 11.1 Å². The Morgan fingerprint density at radius 3 is 2.53 bits per heavy atom. The van der Waals surface area contributed by atoms with Gasteiger partial charge in [0.25, 0.3) is 11.8 Å². The van der Waals surface area contributed by atoms with E-state index in [4.69, 9.17) is 13.9 Å². The van der Waals surface area contributed by atoms with Gasteiger partial charge in [-0.3, -0.25) is 14.5 Å². The Kier molecular flexibility index (Phi) is 5.06. The highest BCUT2D eigenvalue weighted by atomic mass is 16.7. The molecule has 0 fully saturated rings. The van der Waals surface area contributed by atoms with Crippen LogP contribution in [0.25, 0.3) is 0 Å². The normalized spacial score (nSPS) is 21.3. The first kappa shape index (κ1) is 22.3. The fourth-order valence-electron chi connectivity index (χ4n) is 5.39. The molecule has 2 atom stereocenters. The zero-order chi connectivity index (χ0) is 25.0. The number of ether oxygens (including phenoxy) is 2. The molecule has 2 aromatic carbocycles. The van der Waals surface area contributed by atoms with E-state index in [-0.39, 0.29) is 11.8 Å². The summed E-state index contributed by atoms with van der Waals surface area (Å²) in [4.78, 5) is 39.3. The van der Waals surface area contributed by atoms with Crippen LogP contribution in [0, 0.1) is 18.3 Å². The molecule has 3 aliphatic heterocycles. The summed E-state index contributed by atoms with van der Waals surface area (Å²) in [6.45, 7) is 1.98. The lowest BCUT2D eigenvalue weighted by Crippen LogP contribution is -2.50. The van der Waals surface area contributed by atoms with Crippen LogP contribution in [-0.4, -0.2) is 29.0 Å². The number of rotatable bonds is 5. The number of hydrogen-bond donors (Lipinski definition) is 0. The Morgan fingerprint density at radius 1 is 1.06 bits per heavy atom. The number of hydrogen-bond acceptors (Lipinski definition) is 7. The molecule has 0 saturated carbocycles. The summed E-state index contributed by atoms with van der Waals surface area (Å²) >= 11 is 0. The molecule has 1 aromatic heterocycles. The van der Waals surface area contributed by atoms with Crippen molar-refractivity contribution in [1.29, 1.82) is 5.26 Å². The Morgan fingerprint density at radius 2 is 1.81 bits per heavy atom. The summed E-state index contributed by atoms with van der Waals surface area (Å²) in [5, 5.41) is 9.39. The Labute approximate surface area is 206 Å². The minimum Gasteiger partial charge on any atom is -0.461 e. The molecule has 180 valence electrons. The second-order valence-electron chi connectivity index (χ2n) is 9.40. The SMILES string of the molecule is Cc1cc2c(c(=O)o1)C1OC(CCCCN3C(=O)c4ccccc4C3=O)(Cc3cc(C#N)ccc31)O2. The van der Waals surface area contributed by atoms with Crippen molar-refractivity contribution < 1.29 is 23.5 Å². The fourth-order valence-corrected chi connectivity index (χ4v) is 5.39. The Bertz CT molecular complexity index is 1500. The zero-order valence-corrected chi connectivity index (χ0v) is 19.6. The smallest absolute Gasteiger partial charge is 0.345 e. The number of nitrogens with zero attached hydrogens (tertiary/aromatic N) is 2. The average molecular weight is 482 g/mol. The van der Waals surface area contributed by atoms with E-state index >= 15 is 0 Å². The molecule has 8 nitrogen and oxygen atoms in total. The van der Waals surface area contributed by atoms with Crippen molar-refractivity contribution in [2.45, 2.75) is 44.5 Å². The van der Waals surface area contributed by atoms with Crippen molar-refractivity contribution in [3.63, 3.8) is 0 Å². The molecule has 8 heteroatoms. The molecular weight excluding hydrogens is 460 g/mol. The third kappa shape index (κ3) is 3.43. The van der Waals surface area contributed by atoms with Crippen molar-refractivity contribution in [1.82, 2.24) is 4.90 Å². The summed E-state index contributed by atoms with van der Waals surface area (Å²) in [5.74, 6) is -0.701. The van der Waals surface area contributed by atoms with Gasteiger partial charge in [0, 0.05) is 25.5 Å². The van der Waals surface area contributed by atoms with Gasteiger partial charge in [0.2, 0.25) is 5.79 Å². The van der Waals surface area contributed by atoms with Crippen LogP contribution in [0.5, 0.6) is 5.75 Å². The van der Waals surface area contributed by atoms with Crippen molar-refractivity contribution in [3.05, 3.63) is 98.1 Å². The van der Waals surface area contributed by atoms with E-state index in [9.17, 15) is 19.6 Å². The van der Waals surface area contributed by atoms with Gasteiger partial charge in [-0.1, -0.05) is 18.2 Å². The molecule has 2 bridgehead atoms. The highest BCUT2D eigenvalue weighted by molar-refractivity contribution is 6.21. The van der Waals surface area contributed by atoms with Gasteiger partial charge >= 0.3 is 5.63 Å². The highest BCUT2D eigenvalue weighted by Gasteiger charge is 2.48. The molecule has 4 heterocycles. The van der Waals surface area contributed by atoms with E-state index in [1.807, 2.05) is 12.1 Å². The van der Waals surface area contributed by atoms with Crippen LogP contribution in [0.3, 0.4) is 0 Å². The number of fused-ring (bicyclic) bond motifs is 7. The van der Waals surface area contributed by atoms with Gasteiger partial charge in [0.1, 0.15) is 23.2 Å². The molecule has 0 N–H and O–H groups in total. The molecule has 6 rings (SSSR count). The topological polar surface area (TPSA) is 110 Å². The third-order valence-corrected chi connectivity index (χ3v) is 7.05. The number of aryl methyl sites for hydroxylation is 1. The summed E-state index contributed by atoms with van der Waals surface area (Å²) in [6, 6.07) is 16.0.